The van der Waals surface area contributed by atoms with E-state index in [1.165, 1.54) is 22.2 Å². The molecule has 3 N–H and O–H groups in total. The maximum Gasteiger partial charge on any atom is 0.194 e. The molecule has 0 saturated carbocycles. The number of aromatic nitrogens is 2. The van der Waals surface area contributed by atoms with Crippen molar-refractivity contribution in [1.29, 1.82) is 0 Å². The molecular weight excluding hydrogens is 298 g/mol. The Kier molecular flexibility index (Phi) is 2.79. The van der Waals surface area contributed by atoms with Gasteiger partial charge in [-0.2, -0.15) is 0 Å². The number of fused-ring (bicyclic) bond motifs is 4. The van der Waals surface area contributed by atoms with Gasteiger partial charge >= 0.3 is 0 Å². The molecule has 0 radical (unpaired) electrons. The van der Waals surface area contributed by atoms with Crippen molar-refractivity contribution in [2.75, 3.05) is 13.6 Å². The summed E-state index contributed by atoms with van der Waals surface area (Å²) < 4.78 is 0. The van der Waals surface area contributed by atoms with Gasteiger partial charge in [-0.25, -0.2) is 0 Å². The third kappa shape index (κ3) is 1.77. The smallest absolute Gasteiger partial charge is 0.194 e. The summed E-state index contributed by atoms with van der Waals surface area (Å²) in [6.45, 7) is 0.971. The number of nitrogens with one attached hydrogen (secondary N) is 2. The van der Waals surface area contributed by atoms with Gasteiger partial charge in [0, 0.05) is 39.6 Å². The Morgan fingerprint density at radius 3 is 2.42 bits per heavy atom. The number of aromatic amines is 2. The van der Waals surface area contributed by atoms with Crippen LogP contribution in [0, 0.1) is 0 Å². The average Bonchev–Trinajstić information content (AvgIpc) is 3.12. The molecule has 0 amide bonds. The van der Waals surface area contributed by atoms with Gasteiger partial charge in [0.15, 0.2) is 5.88 Å². The van der Waals surface area contributed by atoms with E-state index in [2.05, 4.69) is 52.2 Å². The molecule has 1 atom stereocenters. The Morgan fingerprint density at radius 1 is 0.958 bits per heavy atom. The molecule has 0 aliphatic carbocycles. The van der Waals surface area contributed by atoms with Crippen molar-refractivity contribution in [1.82, 2.24) is 14.9 Å². The molecule has 120 valence electrons. The van der Waals surface area contributed by atoms with E-state index in [9.17, 15) is 5.11 Å². The monoisotopic (exact) mass is 317 g/mol. The van der Waals surface area contributed by atoms with E-state index < -0.39 is 0 Å². The molecule has 3 heterocycles. The summed E-state index contributed by atoms with van der Waals surface area (Å²) in [5, 5.41) is 13.0. The molecule has 24 heavy (non-hydrogen) atoms. The lowest BCUT2D eigenvalue weighted by molar-refractivity contribution is 0.257. The SMILES string of the molecule is CN1CCc2c([nH]c3ccccc23)[C@H]1c1c(O)[nH]c2ccccc12. The molecule has 1 aliphatic heterocycles. The van der Waals surface area contributed by atoms with Crippen LogP contribution < -0.4 is 0 Å². The highest BCUT2D eigenvalue weighted by molar-refractivity contribution is 5.89. The molecule has 5 rings (SSSR count). The van der Waals surface area contributed by atoms with Gasteiger partial charge in [0.25, 0.3) is 0 Å². The van der Waals surface area contributed by atoms with Crippen LogP contribution in [-0.2, 0) is 6.42 Å². The number of likely N-dealkylation sites (N-methyl/N-ethyl adjacent to an activating group) is 1. The number of H-pyrrole nitrogens is 2. The number of hydrogen-bond acceptors (Lipinski definition) is 2. The fraction of sp³-hybridized carbons (Fsp3) is 0.200. The fourth-order valence-electron chi connectivity index (χ4n) is 4.15. The standard InChI is InChI=1S/C20H19N3O/c1-23-11-10-13-12-6-2-4-8-15(12)21-18(13)19(23)17-14-7-3-5-9-16(14)22-20(17)24/h2-9,19,21-22,24H,10-11H2,1H3/t19-/m1/s1. The topological polar surface area (TPSA) is 55.1 Å². The van der Waals surface area contributed by atoms with E-state index in [4.69, 9.17) is 0 Å². The minimum Gasteiger partial charge on any atom is -0.494 e. The summed E-state index contributed by atoms with van der Waals surface area (Å²) >= 11 is 0. The Balaban J connectivity index is 1.81. The minimum absolute atomic E-state index is 0.0253. The third-order valence-corrected chi connectivity index (χ3v) is 5.27. The minimum atomic E-state index is 0.0253. The van der Waals surface area contributed by atoms with E-state index in [1.807, 2.05) is 18.2 Å². The first kappa shape index (κ1) is 13.7. The highest BCUT2D eigenvalue weighted by Gasteiger charge is 2.33. The van der Waals surface area contributed by atoms with Crippen LogP contribution in [0.4, 0.5) is 0 Å². The van der Waals surface area contributed by atoms with Gasteiger partial charge in [0.2, 0.25) is 0 Å². The first-order valence-electron chi connectivity index (χ1n) is 8.33. The van der Waals surface area contributed by atoms with Crippen LogP contribution in [-0.4, -0.2) is 33.6 Å². The second kappa shape index (κ2) is 4.89. The predicted molar refractivity (Wildman–Crippen MR) is 96.4 cm³/mol. The Labute approximate surface area is 139 Å². The molecule has 1 aliphatic rings. The Hall–Kier alpha value is -2.72. The molecule has 2 aromatic heterocycles. The normalized spacial score (nSPS) is 18.3. The van der Waals surface area contributed by atoms with Gasteiger partial charge in [-0.1, -0.05) is 36.4 Å². The van der Waals surface area contributed by atoms with Crippen molar-refractivity contribution in [2.45, 2.75) is 12.5 Å². The van der Waals surface area contributed by atoms with Gasteiger partial charge in [-0.3, -0.25) is 4.90 Å². The van der Waals surface area contributed by atoms with Crippen molar-refractivity contribution in [3.63, 3.8) is 0 Å². The van der Waals surface area contributed by atoms with Gasteiger partial charge in [0.1, 0.15) is 0 Å². The maximum atomic E-state index is 10.6. The van der Waals surface area contributed by atoms with Crippen molar-refractivity contribution in [3.8, 4) is 5.88 Å². The number of rotatable bonds is 1. The van der Waals surface area contributed by atoms with Crippen molar-refractivity contribution < 1.29 is 5.11 Å². The molecule has 4 nitrogen and oxygen atoms in total. The predicted octanol–water partition coefficient (Wildman–Crippen LogP) is 3.93. The van der Waals surface area contributed by atoms with E-state index >= 15 is 0 Å². The Bertz CT molecular complexity index is 1060. The molecule has 0 spiro atoms. The van der Waals surface area contributed by atoms with Crippen LogP contribution in [0.3, 0.4) is 0 Å². The molecule has 4 heteroatoms. The lowest BCUT2D eigenvalue weighted by Gasteiger charge is -2.32. The summed E-state index contributed by atoms with van der Waals surface area (Å²) in [6, 6.07) is 16.6. The van der Waals surface area contributed by atoms with Gasteiger partial charge in [-0.05, 0) is 31.2 Å². The largest absolute Gasteiger partial charge is 0.494 e. The number of benzene rings is 2. The molecule has 0 unspecified atom stereocenters. The zero-order valence-corrected chi connectivity index (χ0v) is 13.5. The molecular formula is C20H19N3O. The number of para-hydroxylation sites is 2. The second-order valence-corrected chi connectivity index (χ2v) is 6.63. The zero-order valence-electron chi connectivity index (χ0n) is 13.5. The molecule has 2 aromatic carbocycles. The molecule has 0 bridgehead atoms. The number of nitrogens with zero attached hydrogens (tertiary/aromatic N) is 1. The number of aromatic hydroxyl groups is 1. The lowest BCUT2D eigenvalue weighted by atomic mass is 9.92. The van der Waals surface area contributed by atoms with Gasteiger partial charge in [-0.15, -0.1) is 0 Å². The average molecular weight is 317 g/mol. The van der Waals surface area contributed by atoms with Gasteiger partial charge < -0.3 is 15.1 Å². The summed E-state index contributed by atoms with van der Waals surface area (Å²) in [6.07, 6.45) is 1.02. The number of hydrogen-bond donors (Lipinski definition) is 3. The fourth-order valence-corrected chi connectivity index (χ4v) is 4.15. The lowest BCUT2D eigenvalue weighted by Crippen LogP contribution is -2.32. The van der Waals surface area contributed by atoms with Crippen LogP contribution in [0.2, 0.25) is 0 Å². The van der Waals surface area contributed by atoms with E-state index in [1.54, 1.807) is 0 Å². The molecule has 0 saturated heterocycles. The summed E-state index contributed by atoms with van der Waals surface area (Å²) in [5.74, 6) is 0.263. The third-order valence-electron chi connectivity index (χ3n) is 5.27. The van der Waals surface area contributed by atoms with Crippen LogP contribution in [0.15, 0.2) is 48.5 Å². The van der Waals surface area contributed by atoms with E-state index in [-0.39, 0.29) is 11.9 Å². The molecule has 4 aromatic rings. The quantitative estimate of drug-likeness (QED) is 0.498. The summed E-state index contributed by atoms with van der Waals surface area (Å²) in [7, 11) is 2.13. The van der Waals surface area contributed by atoms with Crippen LogP contribution in [0.25, 0.3) is 21.8 Å². The Morgan fingerprint density at radius 2 is 1.62 bits per heavy atom. The summed E-state index contributed by atoms with van der Waals surface area (Å²) in [4.78, 5) is 9.05. The van der Waals surface area contributed by atoms with Crippen molar-refractivity contribution >= 4 is 21.8 Å². The van der Waals surface area contributed by atoms with Gasteiger partial charge in [0.05, 0.1) is 6.04 Å². The highest BCUT2D eigenvalue weighted by Crippen LogP contribution is 2.43. The van der Waals surface area contributed by atoms with Crippen LogP contribution in [0.1, 0.15) is 22.9 Å². The van der Waals surface area contributed by atoms with Crippen LogP contribution >= 0.6 is 0 Å². The van der Waals surface area contributed by atoms with Crippen LogP contribution in [0.5, 0.6) is 5.88 Å². The van der Waals surface area contributed by atoms with Crippen molar-refractivity contribution in [2.24, 2.45) is 0 Å². The highest BCUT2D eigenvalue weighted by atomic mass is 16.3. The summed E-state index contributed by atoms with van der Waals surface area (Å²) in [5.41, 5.74) is 5.67. The second-order valence-electron chi connectivity index (χ2n) is 6.63. The zero-order chi connectivity index (χ0) is 16.3. The van der Waals surface area contributed by atoms with E-state index in [0.29, 0.717) is 0 Å². The first-order chi connectivity index (χ1) is 11.7. The first-order valence-corrected chi connectivity index (χ1v) is 8.33. The maximum absolute atomic E-state index is 10.6. The van der Waals surface area contributed by atoms with E-state index in [0.717, 1.165) is 29.4 Å². The molecule has 0 fully saturated rings. The van der Waals surface area contributed by atoms with Crippen molar-refractivity contribution in [3.05, 3.63) is 65.4 Å².